The van der Waals surface area contributed by atoms with Crippen LogP contribution < -0.4 is 11.1 Å². The summed E-state index contributed by atoms with van der Waals surface area (Å²) in [6.45, 7) is 8.81. The van der Waals surface area contributed by atoms with E-state index in [1.807, 2.05) is 6.92 Å². The van der Waals surface area contributed by atoms with Crippen LogP contribution in [0.3, 0.4) is 0 Å². The Bertz CT molecular complexity index is 358. The van der Waals surface area contributed by atoms with Crippen LogP contribution in [0.2, 0.25) is 0 Å². The van der Waals surface area contributed by atoms with Gasteiger partial charge in [-0.3, -0.25) is 9.69 Å². The van der Waals surface area contributed by atoms with Gasteiger partial charge in [0.2, 0.25) is 5.91 Å². The quantitative estimate of drug-likeness (QED) is 0.729. The molecule has 0 bridgehead atoms. The predicted octanol–water partition coefficient (Wildman–Crippen LogP) is 0.789. The van der Waals surface area contributed by atoms with Gasteiger partial charge in [-0.25, -0.2) is 0 Å². The zero-order chi connectivity index (χ0) is 15.5. The van der Waals surface area contributed by atoms with Crippen LogP contribution >= 0.6 is 0 Å². The van der Waals surface area contributed by atoms with Gasteiger partial charge in [-0.2, -0.15) is 0 Å². The maximum Gasteiger partial charge on any atom is 0.237 e. The molecule has 1 amide bonds. The number of carbonyl (C=O) groups is 1. The molecule has 5 heteroatoms. The SMILES string of the molecule is CC1CN(C)CCCN1CCCC(C)(NC1CC1)C(N)=O. The first-order valence-corrected chi connectivity index (χ1v) is 8.41. The average molecular weight is 296 g/mol. The number of rotatable bonds is 7. The van der Waals surface area contributed by atoms with Crippen molar-refractivity contribution in [1.82, 2.24) is 15.1 Å². The molecule has 1 saturated heterocycles. The van der Waals surface area contributed by atoms with Gasteiger partial charge in [0.05, 0.1) is 5.54 Å². The van der Waals surface area contributed by atoms with Crippen molar-refractivity contribution in [2.75, 3.05) is 33.2 Å². The minimum absolute atomic E-state index is 0.210. The van der Waals surface area contributed by atoms with E-state index in [9.17, 15) is 4.79 Å². The second kappa shape index (κ2) is 7.07. The molecule has 0 aromatic carbocycles. The minimum Gasteiger partial charge on any atom is -0.368 e. The number of likely N-dealkylation sites (N-methyl/N-ethyl adjacent to an activating group) is 1. The molecule has 1 saturated carbocycles. The Balaban J connectivity index is 1.79. The molecule has 0 spiro atoms. The van der Waals surface area contributed by atoms with Gasteiger partial charge in [0.25, 0.3) is 0 Å². The fourth-order valence-electron chi connectivity index (χ4n) is 3.33. The number of nitrogens with one attached hydrogen (secondary N) is 1. The van der Waals surface area contributed by atoms with E-state index in [4.69, 9.17) is 5.73 Å². The van der Waals surface area contributed by atoms with Crippen LogP contribution in [-0.2, 0) is 4.79 Å². The van der Waals surface area contributed by atoms with Gasteiger partial charge in [-0.05, 0) is 72.6 Å². The second-order valence-electron chi connectivity index (χ2n) is 7.22. The summed E-state index contributed by atoms with van der Waals surface area (Å²) in [6, 6.07) is 1.10. The van der Waals surface area contributed by atoms with Crippen LogP contribution in [-0.4, -0.2) is 66.6 Å². The first-order chi connectivity index (χ1) is 9.90. The molecule has 1 aliphatic heterocycles. The molecule has 0 aromatic heterocycles. The van der Waals surface area contributed by atoms with E-state index in [1.54, 1.807) is 0 Å². The fourth-order valence-corrected chi connectivity index (χ4v) is 3.33. The van der Waals surface area contributed by atoms with Gasteiger partial charge < -0.3 is 16.0 Å². The summed E-state index contributed by atoms with van der Waals surface area (Å²) in [6.07, 6.45) is 5.44. The standard InChI is InChI=1S/C16H32N4O/c1-13-12-19(3)9-5-11-20(13)10-4-8-16(2,15(17)21)18-14-6-7-14/h13-14,18H,4-12H2,1-3H3,(H2,17,21). The number of nitrogens with two attached hydrogens (primary N) is 1. The van der Waals surface area contributed by atoms with Gasteiger partial charge >= 0.3 is 0 Å². The summed E-state index contributed by atoms with van der Waals surface area (Å²) in [5, 5.41) is 3.43. The van der Waals surface area contributed by atoms with Crippen LogP contribution in [0.15, 0.2) is 0 Å². The van der Waals surface area contributed by atoms with Gasteiger partial charge in [0, 0.05) is 18.6 Å². The fraction of sp³-hybridized carbons (Fsp3) is 0.938. The van der Waals surface area contributed by atoms with Crippen molar-refractivity contribution in [3.63, 3.8) is 0 Å². The average Bonchev–Trinajstić information content (AvgIpc) is 3.20. The summed E-state index contributed by atoms with van der Waals surface area (Å²) in [5.74, 6) is -0.210. The summed E-state index contributed by atoms with van der Waals surface area (Å²) in [4.78, 5) is 16.7. The van der Waals surface area contributed by atoms with Crippen molar-refractivity contribution < 1.29 is 4.79 Å². The second-order valence-corrected chi connectivity index (χ2v) is 7.22. The van der Waals surface area contributed by atoms with Crippen LogP contribution in [0.5, 0.6) is 0 Å². The molecule has 5 nitrogen and oxygen atoms in total. The molecular weight excluding hydrogens is 264 g/mol. The Kier molecular flexibility index (Phi) is 5.63. The molecule has 2 fully saturated rings. The lowest BCUT2D eigenvalue weighted by molar-refractivity contribution is -0.124. The summed E-state index contributed by atoms with van der Waals surface area (Å²) >= 11 is 0. The Hall–Kier alpha value is -0.650. The van der Waals surface area contributed by atoms with Crippen LogP contribution in [0.1, 0.15) is 46.0 Å². The lowest BCUT2D eigenvalue weighted by Crippen LogP contribution is -2.54. The number of carbonyl (C=O) groups excluding carboxylic acids is 1. The van der Waals surface area contributed by atoms with Gasteiger partial charge in [-0.1, -0.05) is 0 Å². The van der Waals surface area contributed by atoms with Gasteiger partial charge in [0.15, 0.2) is 0 Å². The predicted molar refractivity (Wildman–Crippen MR) is 86.1 cm³/mol. The van der Waals surface area contributed by atoms with E-state index in [2.05, 4.69) is 29.1 Å². The Morgan fingerprint density at radius 2 is 2.10 bits per heavy atom. The van der Waals surface area contributed by atoms with Gasteiger partial charge in [-0.15, -0.1) is 0 Å². The summed E-state index contributed by atoms with van der Waals surface area (Å²) in [7, 11) is 2.20. The largest absolute Gasteiger partial charge is 0.368 e. The third-order valence-electron chi connectivity index (χ3n) is 4.95. The van der Waals surface area contributed by atoms with Crippen molar-refractivity contribution in [3.8, 4) is 0 Å². The van der Waals surface area contributed by atoms with E-state index < -0.39 is 5.54 Å². The smallest absolute Gasteiger partial charge is 0.237 e. The molecule has 2 rings (SSSR count). The highest BCUT2D eigenvalue weighted by Crippen LogP contribution is 2.25. The first kappa shape index (κ1) is 16.7. The van der Waals surface area contributed by atoms with Crippen molar-refractivity contribution >= 4 is 5.91 Å². The lowest BCUT2D eigenvalue weighted by Gasteiger charge is -2.31. The third kappa shape index (κ3) is 4.94. The molecule has 2 atom stereocenters. The number of nitrogens with zero attached hydrogens (tertiary/aromatic N) is 2. The van der Waals surface area contributed by atoms with E-state index >= 15 is 0 Å². The molecule has 122 valence electrons. The maximum atomic E-state index is 11.8. The molecule has 2 aliphatic rings. The molecule has 1 aliphatic carbocycles. The summed E-state index contributed by atoms with van der Waals surface area (Å²) < 4.78 is 0. The van der Waals surface area contributed by atoms with Crippen molar-refractivity contribution in [2.24, 2.45) is 5.73 Å². The Labute approximate surface area is 129 Å². The highest BCUT2D eigenvalue weighted by molar-refractivity contribution is 5.84. The molecule has 1 heterocycles. The maximum absolute atomic E-state index is 11.8. The lowest BCUT2D eigenvalue weighted by atomic mass is 9.94. The van der Waals surface area contributed by atoms with Crippen molar-refractivity contribution in [3.05, 3.63) is 0 Å². The highest BCUT2D eigenvalue weighted by Gasteiger charge is 2.36. The number of primary amides is 1. The van der Waals surface area contributed by atoms with Crippen LogP contribution in [0, 0.1) is 0 Å². The molecule has 3 N–H and O–H groups in total. The zero-order valence-electron chi connectivity index (χ0n) is 13.9. The molecule has 21 heavy (non-hydrogen) atoms. The van der Waals surface area contributed by atoms with Gasteiger partial charge in [0.1, 0.15) is 0 Å². The minimum atomic E-state index is -0.535. The molecule has 2 unspecified atom stereocenters. The number of hydrogen-bond acceptors (Lipinski definition) is 4. The monoisotopic (exact) mass is 296 g/mol. The Morgan fingerprint density at radius 3 is 2.71 bits per heavy atom. The topological polar surface area (TPSA) is 61.6 Å². The third-order valence-corrected chi connectivity index (χ3v) is 4.95. The Morgan fingerprint density at radius 1 is 1.38 bits per heavy atom. The number of hydrogen-bond donors (Lipinski definition) is 2. The highest BCUT2D eigenvalue weighted by atomic mass is 16.1. The molecule has 0 radical (unpaired) electrons. The normalized spacial score (nSPS) is 28.0. The van der Waals surface area contributed by atoms with Crippen molar-refractivity contribution in [2.45, 2.75) is 63.6 Å². The zero-order valence-corrected chi connectivity index (χ0v) is 13.9. The van der Waals surface area contributed by atoms with Crippen LogP contribution in [0.25, 0.3) is 0 Å². The molecule has 0 aromatic rings. The van der Waals surface area contributed by atoms with E-state index in [0.29, 0.717) is 12.1 Å². The first-order valence-electron chi connectivity index (χ1n) is 8.41. The molecular formula is C16H32N4O. The number of amides is 1. The van der Waals surface area contributed by atoms with E-state index in [0.717, 1.165) is 32.5 Å². The summed E-state index contributed by atoms with van der Waals surface area (Å²) in [5.41, 5.74) is 5.08. The van der Waals surface area contributed by atoms with E-state index in [1.165, 1.54) is 25.8 Å². The van der Waals surface area contributed by atoms with E-state index in [-0.39, 0.29) is 5.91 Å². The van der Waals surface area contributed by atoms with Crippen molar-refractivity contribution in [1.29, 1.82) is 0 Å². The van der Waals surface area contributed by atoms with Crippen LogP contribution in [0.4, 0.5) is 0 Å².